The summed E-state index contributed by atoms with van der Waals surface area (Å²) in [6, 6.07) is 0.692. The summed E-state index contributed by atoms with van der Waals surface area (Å²) in [5.74, 6) is 2.93. The van der Waals surface area contributed by atoms with Crippen LogP contribution in [0.3, 0.4) is 0 Å². The van der Waals surface area contributed by atoms with E-state index in [4.69, 9.17) is 9.51 Å². The minimum atomic E-state index is 0.495. The van der Waals surface area contributed by atoms with Gasteiger partial charge in [-0.1, -0.05) is 31.3 Å². The van der Waals surface area contributed by atoms with E-state index in [1.54, 1.807) is 0 Å². The van der Waals surface area contributed by atoms with E-state index in [1.807, 2.05) is 0 Å². The second kappa shape index (κ2) is 6.70. The zero-order valence-corrected chi connectivity index (χ0v) is 12.6. The van der Waals surface area contributed by atoms with Crippen LogP contribution >= 0.6 is 0 Å². The van der Waals surface area contributed by atoms with E-state index >= 15 is 0 Å². The maximum absolute atomic E-state index is 5.57. The molecule has 0 spiro atoms. The highest BCUT2D eigenvalue weighted by Gasteiger charge is 2.28. The van der Waals surface area contributed by atoms with Crippen LogP contribution in [0, 0.1) is 0 Å². The average molecular weight is 277 g/mol. The maximum atomic E-state index is 5.57. The Morgan fingerprint density at radius 1 is 1.00 bits per heavy atom. The van der Waals surface area contributed by atoms with Crippen molar-refractivity contribution in [1.29, 1.82) is 0 Å². The smallest absolute Gasteiger partial charge is 0.229 e. The molecule has 4 heteroatoms. The number of hydrogen-bond donors (Lipinski definition) is 1. The Kier molecular flexibility index (Phi) is 4.71. The van der Waals surface area contributed by atoms with E-state index in [0.29, 0.717) is 17.9 Å². The molecular formula is C16H27N3O. The van der Waals surface area contributed by atoms with E-state index in [1.165, 1.54) is 57.8 Å². The second-order valence-electron chi connectivity index (χ2n) is 6.43. The molecule has 0 radical (unpaired) electrons. The molecule has 1 aromatic heterocycles. The van der Waals surface area contributed by atoms with Crippen LogP contribution in [0.1, 0.15) is 88.3 Å². The Morgan fingerprint density at radius 2 is 1.75 bits per heavy atom. The molecule has 2 saturated carbocycles. The number of aromatic nitrogens is 2. The highest BCUT2D eigenvalue weighted by Crippen LogP contribution is 2.35. The Morgan fingerprint density at radius 3 is 2.45 bits per heavy atom. The zero-order valence-electron chi connectivity index (χ0n) is 12.6. The minimum absolute atomic E-state index is 0.495. The van der Waals surface area contributed by atoms with Gasteiger partial charge >= 0.3 is 0 Å². The monoisotopic (exact) mass is 277 g/mol. The van der Waals surface area contributed by atoms with Gasteiger partial charge in [0.15, 0.2) is 5.82 Å². The first-order chi connectivity index (χ1) is 9.86. The summed E-state index contributed by atoms with van der Waals surface area (Å²) in [5, 5.41) is 7.82. The normalized spacial score (nSPS) is 28.6. The van der Waals surface area contributed by atoms with Crippen molar-refractivity contribution in [2.75, 3.05) is 6.54 Å². The lowest BCUT2D eigenvalue weighted by atomic mass is 9.85. The number of rotatable bonds is 4. The second-order valence-corrected chi connectivity index (χ2v) is 6.43. The Hall–Kier alpha value is -0.900. The predicted octanol–water partition coefficient (Wildman–Crippen LogP) is 3.75. The first-order valence-electron chi connectivity index (χ1n) is 8.43. The van der Waals surface area contributed by atoms with Crippen LogP contribution in [0.25, 0.3) is 0 Å². The van der Waals surface area contributed by atoms with Gasteiger partial charge in [-0.25, -0.2) is 0 Å². The molecule has 4 nitrogen and oxygen atoms in total. The first kappa shape index (κ1) is 14.1. The van der Waals surface area contributed by atoms with Crippen molar-refractivity contribution < 1.29 is 4.52 Å². The van der Waals surface area contributed by atoms with Gasteiger partial charge in [0.2, 0.25) is 5.89 Å². The fourth-order valence-electron chi connectivity index (χ4n) is 3.77. The lowest BCUT2D eigenvalue weighted by Gasteiger charge is -2.26. The van der Waals surface area contributed by atoms with Gasteiger partial charge in [0.1, 0.15) is 0 Å². The van der Waals surface area contributed by atoms with Crippen LogP contribution < -0.4 is 5.32 Å². The van der Waals surface area contributed by atoms with Crippen LogP contribution in [0.4, 0.5) is 0 Å². The fourth-order valence-corrected chi connectivity index (χ4v) is 3.77. The third-order valence-electron chi connectivity index (χ3n) is 5.00. The first-order valence-corrected chi connectivity index (χ1v) is 8.43. The van der Waals surface area contributed by atoms with Crippen molar-refractivity contribution >= 4 is 0 Å². The number of nitrogens with zero attached hydrogens (tertiary/aromatic N) is 2. The van der Waals surface area contributed by atoms with Gasteiger partial charge in [-0.05, 0) is 45.1 Å². The van der Waals surface area contributed by atoms with Crippen LogP contribution in [-0.4, -0.2) is 22.7 Å². The van der Waals surface area contributed by atoms with Crippen molar-refractivity contribution in [2.45, 2.75) is 82.6 Å². The van der Waals surface area contributed by atoms with E-state index in [2.05, 4.69) is 17.4 Å². The Bertz CT molecular complexity index is 404. The molecule has 0 unspecified atom stereocenters. The summed E-state index contributed by atoms with van der Waals surface area (Å²) in [7, 11) is 0. The molecule has 0 aliphatic heterocycles. The molecule has 0 amide bonds. The van der Waals surface area contributed by atoms with Crippen LogP contribution in [0.15, 0.2) is 4.52 Å². The maximum Gasteiger partial charge on any atom is 0.229 e. The molecule has 0 aromatic carbocycles. The number of nitrogens with one attached hydrogen (secondary N) is 1. The number of hydrogen-bond acceptors (Lipinski definition) is 4. The van der Waals surface area contributed by atoms with E-state index < -0.39 is 0 Å². The van der Waals surface area contributed by atoms with Gasteiger partial charge in [0.25, 0.3) is 0 Å². The summed E-state index contributed by atoms with van der Waals surface area (Å²) >= 11 is 0. The standard InChI is InChI=1S/C16H27N3O/c1-2-17-14-10-8-13(9-11-14)16-18-15(19-20-16)12-6-4-3-5-7-12/h12-14,17H,2-11H2,1H3. The van der Waals surface area contributed by atoms with Gasteiger partial charge < -0.3 is 9.84 Å². The summed E-state index contributed by atoms with van der Waals surface area (Å²) < 4.78 is 5.57. The van der Waals surface area contributed by atoms with E-state index in [0.717, 1.165) is 18.3 Å². The highest BCUT2D eigenvalue weighted by molar-refractivity contribution is 5.01. The Balaban J connectivity index is 1.57. The molecule has 3 rings (SSSR count). The van der Waals surface area contributed by atoms with Crippen molar-refractivity contribution in [1.82, 2.24) is 15.5 Å². The molecule has 1 aromatic rings. The molecule has 2 aliphatic carbocycles. The summed E-state index contributed by atoms with van der Waals surface area (Å²) in [6.45, 7) is 3.25. The predicted molar refractivity (Wildman–Crippen MR) is 78.8 cm³/mol. The van der Waals surface area contributed by atoms with E-state index in [9.17, 15) is 0 Å². The SMILES string of the molecule is CCNC1CCC(c2nc(C3CCCCC3)no2)CC1. The molecule has 0 bridgehead atoms. The zero-order chi connectivity index (χ0) is 13.8. The third-order valence-corrected chi connectivity index (χ3v) is 5.00. The third kappa shape index (κ3) is 3.22. The molecule has 0 atom stereocenters. The summed E-state index contributed by atoms with van der Waals surface area (Å²) in [4.78, 5) is 4.73. The van der Waals surface area contributed by atoms with Crippen molar-refractivity contribution in [3.8, 4) is 0 Å². The molecule has 1 heterocycles. The highest BCUT2D eigenvalue weighted by atomic mass is 16.5. The largest absolute Gasteiger partial charge is 0.339 e. The van der Waals surface area contributed by atoms with Crippen molar-refractivity contribution in [3.05, 3.63) is 11.7 Å². The average Bonchev–Trinajstić information content (AvgIpc) is 2.99. The van der Waals surface area contributed by atoms with Gasteiger partial charge in [-0.15, -0.1) is 0 Å². The quantitative estimate of drug-likeness (QED) is 0.910. The van der Waals surface area contributed by atoms with Crippen LogP contribution in [0.5, 0.6) is 0 Å². The van der Waals surface area contributed by atoms with Gasteiger partial charge in [0, 0.05) is 17.9 Å². The molecule has 20 heavy (non-hydrogen) atoms. The topological polar surface area (TPSA) is 51.0 Å². The summed E-state index contributed by atoms with van der Waals surface area (Å²) in [5.41, 5.74) is 0. The van der Waals surface area contributed by atoms with Crippen molar-refractivity contribution in [2.24, 2.45) is 0 Å². The lowest BCUT2D eigenvalue weighted by Crippen LogP contribution is -2.32. The van der Waals surface area contributed by atoms with Gasteiger partial charge in [-0.3, -0.25) is 0 Å². The molecule has 2 aliphatic rings. The van der Waals surface area contributed by atoms with E-state index in [-0.39, 0.29) is 0 Å². The van der Waals surface area contributed by atoms with Crippen LogP contribution in [0.2, 0.25) is 0 Å². The molecule has 0 saturated heterocycles. The molecule has 2 fully saturated rings. The molecular weight excluding hydrogens is 250 g/mol. The lowest BCUT2D eigenvalue weighted by molar-refractivity contribution is 0.282. The fraction of sp³-hybridized carbons (Fsp3) is 0.875. The molecule has 112 valence electrons. The van der Waals surface area contributed by atoms with Gasteiger partial charge in [0.05, 0.1) is 0 Å². The molecule has 1 N–H and O–H groups in total. The summed E-state index contributed by atoms with van der Waals surface area (Å²) in [6.07, 6.45) is 11.3. The Labute approximate surface area is 121 Å². The van der Waals surface area contributed by atoms with Gasteiger partial charge in [-0.2, -0.15) is 4.98 Å². The van der Waals surface area contributed by atoms with Crippen LogP contribution in [-0.2, 0) is 0 Å². The van der Waals surface area contributed by atoms with Crippen molar-refractivity contribution in [3.63, 3.8) is 0 Å². The minimum Gasteiger partial charge on any atom is -0.339 e.